The standard InChI is InChI=1S/C21H38N2O3/c1-18(2)10-14(11-19(3,4)22-18)16(24)9-17(25)26-15-12-20(5,6)23-21(7,8)13-15/h14-15,22-23H,9-13H2,1-8H3. The number of ether oxygens (including phenoxy) is 1. The summed E-state index contributed by atoms with van der Waals surface area (Å²) in [7, 11) is 0. The van der Waals surface area contributed by atoms with Crippen LogP contribution in [0.1, 0.15) is 87.5 Å². The molecule has 2 fully saturated rings. The van der Waals surface area contributed by atoms with Gasteiger partial charge in [0.1, 0.15) is 18.3 Å². The Morgan fingerprint density at radius 1 is 0.769 bits per heavy atom. The van der Waals surface area contributed by atoms with E-state index < -0.39 is 0 Å². The van der Waals surface area contributed by atoms with Crippen molar-refractivity contribution in [2.24, 2.45) is 5.92 Å². The molecule has 5 nitrogen and oxygen atoms in total. The average Bonchev–Trinajstić information content (AvgIpc) is 2.29. The van der Waals surface area contributed by atoms with Crippen LogP contribution >= 0.6 is 0 Å². The zero-order chi connectivity index (χ0) is 20.0. The van der Waals surface area contributed by atoms with Crippen molar-refractivity contribution in [2.45, 2.75) is 116 Å². The molecule has 0 aromatic rings. The van der Waals surface area contributed by atoms with Gasteiger partial charge in [0.25, 0.3) is 0 Å². The molecule has 0 unspecified atom stereocenters. The molecule has 0 aliphatic carbocycles. The number of hydrogen-bond donors (Lipinski definition) is 2. The summed E-state index contributed by atoms with van der Waals surface area (Å²) in [4.78, 5) is 25.2. The zero-order valence-corrected chi connectivity index (χ0v) is 17.9. The molecule has 2 saturated heterocycles. The van der Waals surface area contributed by atoms with E-state index in [1.54, 1.807) is 0 Å². The maximum atomic E-state index is 12.7. The minimum absolute atomic E-state index is 0.0186. The van der Waals surface area contributed by atoms with Crippen molar-refractivity contribution in [1.82, 2.24) is 10.6 Å². The maximum Gasteiger partial charge on any atom is 0.313 e. The summed E-state index contributed by atoms with van der Waals surface area (Å²) in [5.41, 5.74) is -0.371. The minimum atomic E-state index is -0.373. The summed E-state index contributed by atoms with van der Waals surface area (Å²) < 4.78 is 5.71. The van der Waals surface area contributed by atoms with Gasteiger partial charge in [0.15, 0.2) is 0 Å². The molecular weight excluding hydrogens is 328 g/mol. The van der Waals surface area contributed by atoms with E-state index in [2.05, 4.69) is 66.0 Å². The molecule has 0 spiro atoms. The quantitative estimate of drug-likeness (QED) is 0.590. The molecule has 2 aliphatic rings. The lowest BCUT2D eigenvalue weighted by atomic mass is 9.74. The molecule has 150 valence electrons. The van der Waals surface area contributed by atoms with Gasteiger partial charge in [0.05, 0.1) is 0 Å². The molecule has 0 bridgehead atoms. The van der Waals surface area contributed by atoms with Crippen molar-refractivity contribution in [3.63, 3.8) is 0 Å². The number of rotatable bonds is 4. The Kier molecular flexibility index (Phi) is 5.67. The van der Waals surface area contributed by atoms with Crippen LogP contribution in [-0.4, -0.2) is 40.0 Å². The lowest BCUT2D eigenvalue weighted by Crippen LogP contribution is -2.60. The second-order valence-electron chi connectivity index (χ2n) is 11.1. The second kappa shape index (κ2) is 6.90. The molecule has 2 N–H and O–H groups in total. The van der Waals surface area contributed by atoms with E-state index in [1.165, 1.54) is 0 Å². The van der Waals surface area contributed by atoms with Gasteiger partial charge in [-0.05, 0) is 68.2 Å². The van der Waals surface area contributed by atoms with E-state index >= 15 is 0 Å². The number of esters is 1. The molecular formula is C21H38N2O3. The fourth-order valence-corrected chi connectivity index (χ4v) is 5.38. The van der Waals surface area contributed by atoms with Gasteiger partial charge in [-0.3, -0.25) is 9.59 Å². The number of hydrogen-bond acceptors (Lipinski definition) is 5. The number of carbonyl (C=O) groups is 2. The Morgan fingerprint density at radius 3 is 1.58 bits per heavy atom. The first kappa shape index (κ1) is 21.4. The third kappa shape index (κ3) is 6.05. The minimum Gasteiger partial charge on any atom is -0.462 e. The fourth-order valence-electron chi connectivity index (χ4n) is 5.38. The van der Waals surface area contributed by atoms with E-state index in [4.69, 9.17) is 4.74 Å². The summed E-state index contributed by atoms with van der Waals surface area (Å²) in [5.74, 6) is -0.442. The fraction of sp³-hybridized carbons (Fsp3) is 0.905. The third-order valence-corrected chi connectivity index (χ3v) is 5.41. The molecule has 2 heterocycles. The molecule has 0 saturated carbocycles. The molecule has 2 rings (SSSR count). The van der Waals surface area contributed by atoms with Crippen LogP contribution in [0.2, 0.25) is 0 Å². The lowest BCUT2D eigenvalue weighted by Gasteiger charge is -2.46. The highest BCUT2D eigenvalue weighted by atomic mass is 16.5. The van der Waals surface area contributed by atoms with Crippen LogP contribution in [0, 0.1) is 5.92 Å². The number of nitrogens with one attached hydrogen (secondary N) is 2. The molecule has 0 amide bonds. The number of ketones is 1. The number of piperidine rings is 2. The van der Waals surface area contributed by atoms with Gasteiger partial charge in [0.2, 0.25) is 0 Å². The van der Waals surface area contributed by atoms with E-state index in [-0.39, 0.29) is 52.4 Å². The maximum absolute atomic E-state index is 12.7. The Bertz CT molecular complexity index is 532. The van der Waals surface area contributed by atoms with Gasteiger partial charge in [-0.2, -0.15) is 0 Å². The van der Waals surface area contributed by atoms with E-state index in [9.17, 15) is 9.59 Å². The van der Waals surface area contributed by atoms with Crippen LogP contribution in [-0.2, 0) is 14.3 Å². The lowest BCUT2D eigenvalue weighted by molar-refractivity contribution is -0.155. The predicted octanol–water partition coefficient (Wildman–Crippen LogP) is 3.35. The molecule has 0 aromatic heterocycles. The molecule has 0 radical (unpaired) electrons. The van der Waals surface area contributed by atoms with E-state index in [0.717, 1.165) is 25.7 Å². The van der Waals surface area contributed by atoms with Crippen LogP contribution in [0.5, 0.6) is 0 Å². The SMILES string of the molecule is CC1(C)CC(OC(=O)CC(=O)C2CC(C)(C)NC(C)(C)C2)CC(C)(C)N1. The smallest absolute Gasteiger partial charge is 0.313 e. The third-order valence-electron chi connectivity index (χ3n) is 5.41. The predicted molar refractivity (Wildman–Crippen MR) is 104 cm³/mol. The Hall–Kier alpha value is -0.940. The van der Waals surface area contributed by atoms with Gasteiger partial charge in [0, 0.05) is 40.9 Å². The summed E-state index contributed by atoms with van der Waals surface area (Å²) >= 11 is 0. The highest BCUT2D eigenvalue weighted by Gasteiger charge is 2.42. The van der Waals surface area contributed by atoms with E-state index in [0.29, 0.717) is 0 Å². The van der Waals surface area contributed by atoms with Crippen LogP contribution < -0.4 is 10.6 Å². The van der Waals surface area contributed by atoms with Crippen LogP contribution in [0.4, 0.5) is 0 Å². The summed E-state index contributed by atoms with van der Waals surface area (Å²) in [6.45, 7) is 17.0. The van der Waals surface area contributed by atoms with Crippen molar-refractivity contribution in [2.75, 3.05) is 0 Å². The Morgan fingerprint density at radius 2 is 1.15 bits per heavy atom. The van der Waals surface area contributed by atoms with Crippen molar-refractivity contribution in [1.29, 1.82) is 0 Å². The molecule has 0 atom stereocenters. The van der Waals surface area contributed by atoms with Crippen molar-refractivity contribution in [3.05, 3.63) is 0 Å². The second-order valence-corrected chi connectivity index (χ2v) is 11.1. The van der Waals surface area contributed by atoms with Crippen LogP contribution in [0.3, 0.4) is 0 Å². The Balaban J connectivity index is 1.94. The largest absolute Gasteiger partial charge is 0.462 e. The summed E-state index contributed by atoms with van der Waals surface area (Å²) in [6.07, 6.45) is 2.81. The summed E-state index contributed by atoms with van der Waals surface area (Å²) in [6, 6.07) is 0. The number of carbonyl (C=O) groups excluding carboxylic acids is 2. The van der Waals surface area contributed by atoms with Gasteiger partial charge < -0.3 is 15.4 Å². The van der Waals surface area contributed by atoms with Crippen molar-refractivity contribution >= 4 is 11.8 Å². The van der Waals surface area contributed by atoms with Crippen LogP contribution in [0.25, 0.3) is 0 Å². The first-order valence-corrected chi connectivity index (χ1v) is 9.89. The molecule has 26 heavy (non-hydrogen) atoms. The molecule has 0 aromatic carbocycles. The molecule has 5 heteroatoms. The first-order valence-electron chi connectivity index (χ1n) is 9.89. The first-order chi connectivity index (χ1) is 11.6. The zero-order valence-electron chi connectivity index (χ0n) is 17.9. The van der Waals surface area contributed by atoms with Gasteiger partial charge >= 0.3 is 5.97 Å². The summed E-state index contributed by atoms with van der Waals surface area (Å²) in [5, 5.41) is 7.16. The van der Waals surface area contributed by atoms with Crippen LogP contribution in [0.15, 0.2) is 0 Å². The highest BCUT2D eigenvalue weighted by molar-refractivity contribution is 5.97. The van der Waals surface area contributed by atoms with Crippen molar-refractivity contribution < 1.29 is 14.3 Å². The van der Waals surface area contributed by atoms with Gasteiger partial charge in [-0.15, -0.1) is 0 Å². The molecule has 2 aliphatic heterocycles. The normalized spacial score (nSPS) is 27.7. The Labute approximate surface area is 159 Å². The average molecular weight is 367 g/mol. The van der Waals surface area contributed by atoms with Gasteiger partial charge in [-0.1, -0.05) is 0 Å². The topological polar surface area (TPSA) is 67.4 Å². The number of Topliss-reactive ketones (excluding diaryl/α,β-unsaturated/α-hetero) is 1. The van der Waals surface area contributed by atoms with Gasteiger partial charge in [-0.25, -0.2) is 0 Å². The monoisotopic (exact) mass is 366 g/mol. The highest BCUT2D eigenvalue weighted by Crippen LogP contribution is 2.34. The van der Waals surface area contributed by atoms with Crippen molar-refractivity contribution in [3.8, 4) is 0 Å². The van der Waals surface area contributed by atoms with E-state index in [1.807, 2.05) is 0 Å².